The van der Waals surface area contributed by atoms with Crippen molar-refractivity contribution in [2.75, 3.05) is 11.5 Å². The lowest BCUT2D eigenvalue weighted by atomic mass is 9.90. The van der Waals surface area contributed by atoms with Gasteiger partial charge in [-0.15, -0.1) is 0 Å². The molecule has 0 saturated carbocycles. The summed E-state index contributed by atoms with van der Waals surface area (Å²) < 4.78 is 12.2. The second-order valence-electron chi connectivity index (χ2n) is 6.77. The minimum atomic E-state index is -0.820. The maximum absolute atomic E-state index is 12.9. The predicted octanol–water partition coefficient (Wildman–Crippen LogP) is 4.40. The van der Waals surface area contributed by atoms with E-state index in [0.29, 0.717) is 24.3 Å². The van der Waals surface area contributed by atoms with Crippen molar-refractivity contribution in [2.45, 2.75) is 32.0 Å². The van der Waals surface area contributed by atoms with Crippen LogP contribution >= 0.6 is 15.9 Å². The Balaban J connectivity index is 1.67. The Labute approximate surface area is 165 Å². The van der Waals surface area contributed by atoms with E-state index in [1.807, 2.05) is 25.1 Å². The fraction of sp³-hybridized carbons (Fsp3) is 0.300. The van der Waals surface area contributed by atoms with E-state index in [2.05, 4.69) is 21.2 Å². The lowest BCUT2D eigenvalue weighted by molar-refractivity contribution is 0.0378. The number of anilines is 1. The van der Waals surface area contributed by atoms with Crippen molar-refractivity contribution in [1.82, 2.24) is 5.32 Å². The number of benzene rings is 2. The number of hydrogen-bond acceptors (Lipinski definition) is 4. The van der Waals surface area contributed by atoms with E-state index in [-0.39, 0.29) is 18.0 Å². The van der Waals surface area contributed by atoms with Gasteiger partial charge in [0.15, 0.2) is 5.72 Å². The quantitative estimate of drug-likeness (QED) is 0.732. The van der Waals surface area contributed by atoms with Gasteiger partial charge in [0, 0.05) is 22.1 Å². The van der Waals surface area contributed by atoms with Crippen LogP contribution < -0.4 is 15.0 Å². The standard InChI is InChI=1S/C20H19BrN2O4/c1-3-26-18(24)12-4-7-14(8-5-12)23-19(25)22-16-11-20(23,2)27-17-9-6-13(21)10-15(16)17/h4-10,16H,3,11H2,1-2H3,(H,22,25)/t16-,20+/m0/s1. The minimum absolute atomic E-state index is 0.112. The molecule has 140 valence electrons. The van der Waals surface area contributed by atoms with Crippen molar-refractivity contribution in [3.8, 4) is 5.75 Å². The fourth-order valence-electron chi connectivity index (χ4n) is 3.70. The maximum Gasteiger partial charge on any atom is 0.338 e. The molecule has 2 aliphatic rings. The zero-order valence-electron chi connectivity index (χ0n) is 15.0. The third-order valence-corrected chi connectivity index (χ3v) is 5.36. The molecular weight excluding hydrogens is 412 g/mol. The molecule has 0 radical (unpaired) electrons. The predicted molar refractivity (Wildman–Crippen MR) is 104 cm³/mol. The van der Waals surface area contributed by atoms with Crippen molar-refractivity contribution in [3.05, 3.63) is 58.1 Å². The highest BCUT2D eigenvalue weighted by Gasteiger charge is 2.49. The fourth-order valence-corrected chi connectivity index (χ4v) is 4.08. The zero-order valence-corrected chi connectivity index (χ0v) is 16.6. The molecule has 6 nitrogen and oxygen atoms in total. The van der Waals surface area contributed by atoms with Crippen LogP contribution in [0.2, 0.25) is 0 Å². The van der Waals surface area contributed by atoms with Gasteiger partial charge in [-0.25, -0.2) is 9.59 Å². The monoisotopic (exact) mass is 430 g/mol. The number of hydrogen-bond donors (Lipinski definition) is 1. The maximum atomic E-state index is 12.9. The van der Waals surface area contributed by atoms with Gasteiger partial charge in [0.25, 0.3) is 0 Å². The molecule has 0 aliphatic carbocycles. The highest BCUT2D eigenvalue weighted by molar-refractivity contribution is 9.10. The van der Waals surface area contributed by atoms with Crippen LogP contribution in [-0.2, 0) is 4.74 Å². The first kappa shape index (κ1) is 17.9. The van der Waals surface area contributed by atoms with Crippen LogP contribution in [0.15, 0.2) is 46.9 Å². The summed E-state index contributed by atoms with van der Waals surface area (Å²) in [6, 6.07) is 12.2. The van der Waals surface area contributed by atoms with Crippen molar-refractivity contribution in [1.29, 1.82) is 0 Å². The highest BCUT2D eigenvalue weighted by Crippen LogP contribution is 2.46. The second-order valence-corrected chi connectivity index (χ2v) is 7.68. The second kappa shape index (κ2) is 6.56. The van der Waals surface area contributed by atoms with E-state index < -0.39 is 5.72 Å². The molecule has 2 amide bonds. The summed E-state index contributed by atoms with van der Waals surface area (Å²) in [5.74, 6) is 0.372. The van der Waals surface area contributed by atoms with E-state index in [1.165, 1.54) is 0 Å². The van der Waals surface area contributed by atoms with Gasteiger partial charge in [-0.2, -0.15) is 0 Å². The van der Waals surface area contributed by atoms with Crippen molar-refractivity contribution in [2.24, 2.45) is 0 Å². The van der Waals surface area contributed by atoms with Crippen LogP contribution in [0, 0.1) is 0 Å². The summed E-state index contributed by atoms with van der Waals surface area (Å²) in [4.78, 5) is 26.3. The molecule has 2 aromatic rings. The smallest absolute Gasteiger partial charge is 0.338 e. The van der Waals surface area contributed by atoms with Crippen LogP contribution in [-0.4, -0.2) is 24.3 Å². The third-order valence-electron chi connectivity index (χ3n) is 4.87. The Kier molecular flexibility index (Phi) is 4.34. The molecular formula is C20H19BrN2O4. The van der Waals surface area contributed by atoms with E-state index in [0.717, 1.165) is 15.8 Å². The first-order chi connectivity index (χ1) is 12.9. The Morgan fingerprint density at radius 1 is 1.33 bits per heavy atom. The normalized spacial score (nSPS) is 23.1. The number of amides is 2. The number of esters is 1. The summed E-state index contributed by atoms with van der Waals surface area (Å²) in [6.45, 7) is 3.99. The average molecular weight is 431 g/mol. The summed E-state index contributed by atoms with van der Waals surface area (Å²) in [5, 5.41) is 3.06. The Morgan fingerprint density at radius 2 is 2.07 bits per heavy atom. The average Bonchev–Trinajstić information content (AvgIpc) is 2.62. The molecule has 1 saturated heterocycles. The Morgan fingerprint density at radius 3 is 2.78 bits per heavy atom. The third kappa shape index (κ3) is 3.06. The minimum Gasteiger partial charge on any atom is -0.467 e. The summed E-state index contributed by atoms with van der Waals surface area (Å²) in [7, 11) is 0. The van der Waals surface area contributed by atoms with Crippen LogP contribution in [0.3, 0.4) is 0 Å². The number of nitrogens with one attached hydrogen (secondary N) is 1. The molecule has 2 atom stereocenters. The Bertz CT molecular complexity index is 915. The number of rotatable bonds is 3. The van der Waals surface area contributed by atoms with Gasteiger partial charge in [0.05, 0.1) is 18.2 Å². The number of ether oxygens (including phenoxy) is 2. The summed E-state index contributed by atoms with van der Waals surface area (Å²) >= 11 is 3.47. The van der Waals surface area contributed by atoms with Gasteiger partial charge in [0.2, 0.25) is 0 Å². The number of halogens is 1. The van der Waals surface area contributed by atoms with Crippen molar-refractivity contribution >= 4 is 33.6 Å². The molecule has 2 aliphatic heterocycles. The topological polar surface area (TPSA) is 67.9 Å². The SMILES string of the molecule is CCOC(=O)c1ccc(N2C(=O)N[C@H]3C[C@@]2(C)Oc2ccc(Br)cc23)cc1. The van der Waals surface area contributed by atoms with Crippen LogP contribution in [0.1, 0.15) is 42.2 Å². The largest absolute Gasteiger partial charge is 0.467 e. The molecule has 2 heterocycles. The number of carbonyl (C=O) groups excluding carboxylic acids is 2. The zero-order chi connectivity index (χ0) is 19.2. The molecule has 2 aromatic carbocycles. The van der Waals surface area contributed by atoms with Crippen LogP contribution in [0.4, 0.5) is 10.5 Å². The molecule has 0 aromatic heterocycles. The summed E-state index contributed by atoms with van der Waals surface area (Å²) in [5.41, 5.74) is 1.24. The molecule has 0 spiro atoms. The number of urea groups is 1. The number of carbonyl (C=O) groups is 2. The first-order valence-electron chi connectivity index (χ1n) is 8.77. The van der Waals surface area contributed by atoms with Crippen molar-refractivity contribution in [3.63, 3.8) is 0 Å². The van der Waals surface area contributed by atoms with Gasteiger partial charge in [0.1, 0.15) is 5.75 Å². The Hall–Kier alpha value is -2.54. The molecule has 4 rings (SSSR count). The first-order valence-corrected chi connectivity index (χ1v) is 9.57. The molecule has 27 heavy (non-hydrogen) atoms. The van der Waals surface area contributed by atoms with Gasteiger partial charge in [-0.3, -0.25) is 4.90 Å². The van der Waals surface area contributed by atoms with E-state index in [1.54, 1.807) is 36.1 Å². The molecule has 0 unspecified atom stereocenters. The lowest BCUT2D eigenvalue weighted by Gasteiger charge is -2.50. The summed E-state index contributed by atoms with van der Waals surface area (Å²) in [6.07, 6.45) is 0.613. The van der Waals surface area contributed by atoms with Gasteiger partial charge in [-0.1, -0.05) is 15.9 Å². The molecule has 1 N–H and O–H groups in total. The van der Waals surface area contributed by atoms with Crippen LogP contribution in [0.25, 0.3) is 0 Å². The van der Waals surface area contributed by atoms with Gasteiger partial charge >= 0.3 is 12.0 Å². The molecule has 1 fully saturated rings. The lowest BCUT2D eigenvalue weighted by Crippen LogP contribution is -2.65. The van der Waals surface area contributed by atoms with Gasteiger partial charge < -0.3 is 14.8 Å². The van der Waals surface area contributed by atoms with Crippen molar-refractivity contribution < 1.29 is 19.1 Å². The van der Waals surface area contributed by atoms with E-state index in [9.17, 15) is 9.59 Å². The molecule has 7 heteroatoms. The highest BCUT2D eigenvalue weighted by atomic mass is 79.9. The van der Waals surface area contributed by atoms with E-state index in [4.69, 9.17) is 9.47 Å². The van der Waals surface area contributed by atoms with Crippen LogP contribution in [0.5, 0.6) is 5.75 Å². The van der Waals surface area contributed by atoms with Gasteiger partial charge in [-0.05, 0) is 56.3 Å². The van der Waals surface area contributed by atoms with E-state index >= 15 is 0 Å². The number of nitrogens with zero attached hydrogens (tertiary/aromatic N) is 1. The molecule has 2 bridgehead atoms. The number of fused-ring (bicyclic) bond motifs is 4.